The van der Waals surface area contributed by atoms with Crippen LogP contribution in [-0.4, -0.2) is 27.1 Å². The molecule has 0 bridgehead atoms. The highest BCUT2D eigenvalue weighted by atomic mass is 79.9. The number of nitrogens with one attached hydrogen (secondary N) is 1. The van der Waals surface area contributed by atoms with Crippen LogP contribution in [0.25, 0.3) is 10.6 Å². The van der Waals surface area contributed by atoms with Gasteiger partial charge in [0, 0.05) is 28.4 Å². The van der Waals surface area contributed by atoms with Gasteiger partial charge in [0.25, 0.3) is 0 Å². The van der Waals surface area contributed by atoms with Crippen LogP contribution in [0.15, 0.2) is 57.2 Å². The second-order valence-corrected chi connectivity index (χ2v) is 9.46. The van der Waals surface area contributed by atoms with Crippen molar-refractivity contribution < 1.29 is 13.2 Å². The maximum Gasteiger partial charge on any atom is 0.244 e. The first-order chi connectivity index (χ1) is 12.9. The lowest BCUT2D eigenvalue weighted by molar-refractivity contribution is 0.402. The summed E-state index contributed by atoms with van der Waals surface area (Å²) in [6, 6.07) is 13.1. The number of benzene rings is 2. The minimum Gasteiger partial charge on any atom is -0.495 e. The van der Waals surface area contributed by atoms with Crippen molar-refractivity contribution in [2.24, 2.45) is 0 Å². The number of hydrogen-bond acceptors (Lipinski definition) is 5. The van der Waals surface area contributed by atoms with Crippen LogP contribution in [0, 0.1) is 6.92 Å². The maximum absolute atomic E-state index is 12.6. The normalized spacial score (nSPS) is 11.5. The summed E-state index contributed by atoms with van der Waals surface area (Å²) in [5, 5.41) is 2.89. The molecule has 1 aromatic heterocycles. The molecule has 142 valence electrons. The molecule has 1 N–H and O–H groups in total. The first-order valence-electron chi connectivity index (χ1n) is 8.24. The fourth-order valence-electron chi connectivity index (χ4n) is 2.50. The van der Waals surface area contributed by atoms with Crippen molar-refractivity contribution in [3.05, 3.63) is 63.6 Å². The molecule has 0 fully saturated rings. The Hall–Kier alpha value is -1.74. The second kappa shape index (κ2) is 8.52. The molecule has 27 heavy (non-hydrogen) atoms. The van der Waals surface area contributed by atoms with Crippen LogP contribution in [0.4, 0.5) is 0 Å². The van der Waals surface area contributed by atoms with Crippen LogP contribution in [0.5, 0.6) is 5.75 Å². The summed E-state index contributed by atoms with van der Waals surface area (Å²) < 4.78 is 33.6. The van der Waals surface area contributed by atoms with E-state index in [4.69, 9.17) is 4.74 Å². The van der Waals surface area contributed by atoms with Crippen LogP contribution in [0.2, 0.25) is 0 Å². The number of rotatable bonds is 7. The van der Waals surface area contributed by atoms with E-state index in [9.17, 15) is 8.42 Å². The van der Waals surface area contributed by atoms with Gasteiger partial charge in [-0.15, -0.1) is 11.3 Å². The van der Waals surface area contributed by atoms with Crippen LogP contribution < -0.4 is 9.46 Å². The van der Waals surface area contributed by atoms with Crippen molar-refractivity contribution in [3.8, 4) is 16.3 Å². The third-order valence-electron chi connectivity index (χ3n) is 3.94. The fraction of sp³-hybridized carbons (Fsp3) is 0.211. The number of nitrogens with zero attached hydrogens (tertiary/aromatic N) is 1. The molecule has 0 aliphatic heterocycles. The lowest BCUT2D eigenvalue weighted by Gasteiger charge is -2.10. The first-order valence-corrected chi connectivity index (χ1v) is 11.4. The smallest absolute Gasteiger partial charge is 0.244 e. The summed E-state index contributed by atoms with van der Waals surface area (Å²) in [6.45, 7) is 2.30. The zero-order valence-electron chi connectivity index (χ0n) is 14.9. The number of aryl methyl sites for hydroxylation is 1. The zero-order valence-corrected chi connectivity index (χ0v) is 18.1. The molecule has 1 heterocycles. The van der Waals surface area contributed by atoms with Gasteiger partial charge in [-0.25, -0.2) is 18.1 Å². The Kier molecular flexibility index (Phi) is 6.31. The number of aromatic nitrogens is 1. The summed E-state index contributed by atoms with van der Waals surface area (Å²) in [5.41, 5.74) is 3.13. The van der Waals surface area contributed by atoms with Crippen molar-refractivity contribution in [1.29, 1.82) is 0 Å². The van der Waals surface area contributed by atoms with E-state index in [1.807, 2.05) is 24.4 Å². The van der Waals surface area contributed by atoms with E-state index in [0.29, 0.717) is 16.6 Å². The number of halogens is 1. The Balaban J connectivity index is 1.66. The van der Waals surface area contributed by atoms with Gasteiger partial charge in [-0.3, -0.25) is 0 Å². The Bertz CT molecular complexity index is 1030. The summed E-state index contributed by atoms with van der Waals surface area (Å²) in [6.07, 6.45) is 0.512. The van der Waals surface area contributed by atoms with E-state index >= 15 is 0 Å². The molecular formula is C19H19BrN2O3S2. The minimum atomic E-state index is -3.68. The summed E-state index contributed by atoms with van der Waals surface area (Å²) in [5.74, 6) is 0.306. The number of ether oxygens (including phenoxy) is 1. The number of methoxy groups -OCH3 is 1. The number of thiazole rings is 1. The molecule has 5 nitrogen and oxygen atoms in total. The fourth-order valence-corrected chi connectivity index (χ4v) is 5.10. The van der Waals surface area contributed by atoms with Gasteiger partial charge in [0.2, 0.25) is 10.0 Å². The van der Waals surface area contributed by atoms with Crippen LogP contribution >= 0.6 is 27.3 Å². The molecule has 0 unspecified atom stereocenters. The minimum absolute atomic E-state index is 0.109. The molecule has 0 saturated heterocycles. The number of sulfonamides is 1. The summed E-state index contributed by atoms with van der Waals surface area (Å²) in [7, 11) is -2.23. The predicted octanol–water partition coefficient (Wildman–Crippen LogP) is 4.41. The molecule has 0 spiro atoms. The number of hydrogen-bond donors (Lipinski definition) is 1. The quantitative estimate of drug-likeness (QED) is 0.559. The van der Waals surface area contributed by atoms with Gasteiger partial charge in [-0.05, 0) is 25.1 Å². The molecule has 2 aromatic carbocycles. The third-order valence-corrected chi connectivity index (χ3v) is 6.85. The van der Waals surface area contributed by atoms with E-state index in [2.05, 4.69) is 37.8 Å². The van der Waals surface area contributed by atoms with Crippen LogP contribution in [0.1, 0.15) is 11.3 Å². The molecule has 3 aromatic rings. The van der Waals surface area contributed by atoms with Crippen molar-refractivity contribution in [3.63, 3.8) is 0 Å². The lowest BCUT2D eigenvalue weighted by Crippen LogP contribution is -2.26. The highest BCUT2D eigenvalue weighted by Crippen LogP contribution is 2.27. The van der Waals surface area contributed by atoms with Gasteiger partial charge < -0.3 is 4.74 Å². The van der Waals surface area contributed by atoms with Crippen LogP contribution in [-0.2, 0) is 16.4 Å². The topological polar surface area (TPSA) is 68.3 Å². The average molecular weight is 467 g/mol. The Morgan fingerprint density at radius 3 is 2.63 bits per heavy atom. The molecule has 0 amide bonds. The van der Waals surface area contributed by atoms with E-state index in [1.165, 1.54) is 18.7 Å². The molecule has 0 radical (unpaired) electrons. The zero-order chi connectivity index (χ0) is 19.4. The van der Waals surface area contributed by atoms with E-state index in [1.54, 1.807) is 23.5 Å². The van der Waals surface area contributed by atoms with E-state index in [0.717, 1.165) is 16.3 Å². The molecule has 3 rings (SSSR count). The van der Waals surface area contributed by atoms with Gasteiger partial charge in [0.1, 0.15) is 15.7 Å². The third kappa shape index (κ3) is 4.95. The maximum atomic E-state index is 12.6. The summed E-state index contributed by atoms with van der Waals surface area (Å²) >= 11 is 4.85. The SMILES string of the molecule is COc1ccc(Br)cc1S(=O)(=O)NCCc1csc(-c2ccc(C)cc2)n1. The lowest BCUT2D eigenvalue weighted by atomic mass is 10.2. The van der Waals surface area contributed by atoms with Crippen LogP contribution in [0.3, 0.4) is 0 Å². The Labute approximate surface area is 171 Å². The van der Waals surface area contributed by atoms with Gasteiger partial charge in [0.15, 0.2) is 0 Å². The summed E-state index contributed by atoms with van der Waals surface area (Å²) in [4.78, 5) is 4.71. The highest BCUT2D eigenvalue weighted by Gasteiger charge is 2.19. The van der Waals surface area contributed by atoms with Crippen molar-refractivity contribution >= 4 is 37.3 Å². The average Bonchev–Trinajstić information content (AvgIpc) is 3.11. The van der Waals surface area contributed by atoms with Gasteiger partial charge >= 0.3 is 0 Å². The van der Waals surface area contributed by atoms with Crippen molar-refractivity contribution in [1.82, 2.24) is 9.71 Å². The molecule has 0 aliphatic carbocycles. The molecule has 0 atom stereocenters. The second-order valence-electron chi connectivity index (χ2n) is 5.95. The first kappa shape index (κ1) is 20.0. The highest BCUT2D eigenvalue weighted by molar-refractivity contribution is 9.10. The standard InChI is InChI=1S/C19H19BrN2O3S2/c1-13-3-5-14(6-4-13)19-22-16(12-26-19)9-10-21-27(23,24)18-11-15(20)7-8-17(18)25-2/h3-8,11-12,21H,9-10H2,1-2H3. The van der Waals surface area contributed by atoms with Crippen molar-refractivity contribution in [2.75, 3.05) is 13.7 Å². The Morgan fingerprint density at radius 1 is 1.19 bits per heavy atom. The largest absolute Gasteiger partial charge is 0.495 e. The Morgan fingerprint density at radius 2 is 1.93 bits per heavy atom. The van der Waals surface area contributed by atoms with Gasteiger partial charge in [0.05, 0.1) is 12.8 Å². The van der Waals surface area contributed by atoms with Gasteiger partial charge in [-0.1, -0.05) is 45.8 Å². The molecular weight excluding hydrogens is 448 g/mol. The van der Waals surface area contributed by atoms with E-state index in [-0.39, 0.29) is 11.4 Å². The monoisotopic (exact) mass is 466 g/mol. The molecule has 8 heteroatoms. The van der Waals surface area contributed by atoms with E-state index < -0.39 is 10.0 Å². The van der Waals surface area contributed by atoms with Gasteiger partial charge in [-0.2, -0.15) is 0 Å². The predicted molar refractivity (Wildman–Crippen MR) is 112 cm³/mol. The molecule has 0 aliphatic rings. The molecule has 0 saturated carbocycles. The van der Waals surface area contributed by atoms with Crippen molar-refractivity contribution in [2.45, 2.75) is 18.2 Å².